The van der Waals surface area contributed by atoms with E-state index in [4.69, 9.17) is 10.5 Å². The van der Waals surface area contributed by atoms with Gasteiger partial charge >= 0.3 is 0 Å². The van der Waals surface area contributed by atoms with Crippen molar-refractivity contribution in [3.05, 3.63) is 53.5 Å². The molecule has 1 aliphatic rings. The monoisotopic (exact) mass is 365 g/mol. The minimum Gasteiger partial charge on any atom is -0.379 e. The van der Waals surface area contributed by atoms with Crippen LogP contribution in [-0.4, -0.2) is 34.3 Å². The third kappa shape index (κ3) is 3.31. The van der Waals surface area contributed by atoms with Crippen molar-refractivity contribution >= 4 is 16.9 Å². The number of rotatable bonds is 7. The maximum absolute atomic E-state index is 5.84. The Hall–Kier alpha value is -2.44. The van der Waals surface area contributed by atoms with Gasteiger partial charge in [-0.1, -0.05) is 25.1 Å². The summed E-state index contributed by atoms with van der Waals surface area (Å²) >= 11 is 0. The van der Waals surface area contributed by atoms with Crippen LogP contribution in [0.25, 0.3) is 11.0 Å². The van der Waals surface area contributed by atoms with Crippen molar-refractivity contribution in [2.24, 2.45) is 12.8 Å². The van der Waals surface area contributed by atoms with Gasteiger partial charge in [0.25, 0.3) is 0 Å². The number of imidazole rings is 1. The highest BCUT2D eigenvalue weighted by atomic mass is 16.5. The van der Waals surface area contributed by atoms with Crippen LogP contribution in [0.5, 0.6) is 0 Å². The van der Waals surface area contributed by atoms with Gasteiger partial charge in [0.15, 0.2) is 0 Å². The fourth-order valence-corrected chi connectivity index (χ4v) is 3.85. The van der Waals surface area contributed by atoms with E-state index in [1.54, 1.807) is 0 Å². The van der Waals surface area contributed by atoms with E-state index in [2.05, 4.69) is 40.4 Å². The highest BCUT2D eigenvalue weighted by molar-refractivity contribution is 5.77. The van der Waals surface area contributed by atoms with E-state index < -0.39 is 0 Å². The van der Waals surface area contributed by atoms with Crippen LogP contribution >= 0.6 is 0 Å². The van der Waals surface area contributed by atoms with Gasteiger partial charge in [0.05, 0.1) is 31.3 Å². The number of ether oxygens (including phenoxy) is 1. The second kappa shape index (κ2) is 7.29. The number of pyridine rings is 1. The molecule has 1 aromatic carbocycles. The molecule has 4 rings (SSSR count). The Kier molecular flexibility index (Phi) is 4.85. The molecule has 0 aliphatic carbocycles. The van der Waals surface area contributed by atoms with Crippen LogP contribution in [0.4, 0.5) is 5.82 Å². The molecule has 1 aliphatic heterocycles. The summed E-state index contributed by atoms with van der Waals surface area (Å²) in [5, 5.41) is 3.46. The second-order valence-corrected chi connectivity index (χ2v) is 7.42. The predicted octanol–water partition coefficient (Wildman–Crippen LogP) is 2.76. The number of fused-ring (bicyclic) bond motifs is 1. The average molecular weight is 365 g/mol. The Morgan fingerprint density at radius 3 is 2.78 bits per heavy atom. The van der Waals surface area contributed by atoms with Crippen molar-refractivity contribution in [2.75, 3.05) is 25.1 Å². The highest BCUT2D eigenvalue weighted by Gasteiger charge is 2.39. The molecule has 6 nitrogen and oxygen atoms in total. The number of nitrogens with zero attached hydrogens (tertiary/aromatic N) is 3. The Balaban J connectivity index is 1.53. The zero-order valence-corrected chi connectivity index (χ0v) is 16.0. The molecule has 2 aromatic heterocycles. The number of hydrogen-bond donors (Lipinski definition) is 2. The molecule has 27 heavy (non-hydrogen) atoms. The van der Waals surface area contributed by atoms with Gasteiger partial charge in [0, 0.05) is 25.1 Å². The minimum atomic E-state index is 0.108. The van der Waals surface area contributed by atoms with E-state index in [9.17, 15) is 0 Å². The van der Waals surface area contributed by atoms with Crippen molar-refractivity contribution in [1.29, 1.82) is 0 Å². The van der Waals surface area contributed by atoms with Gasteiger partial charge < -0.3 is 20.4 Å². The molecule has 3 aromatic rings. The first kappa shape index (κ1) is 17.9. The molecule has 0 atom stereocenters. The number of nitrogens with one attached hydrogen (secondary N) is 1. The molecule has 0 radical (unpaired) electrons. The molecule has 3 N–H and O–H groups in total. The van der Waals surface area contributed by atoms with E-state index in [1.165, 1.54) is 16.7 Å². The summed E-state index contributed by atoms with van der Waals surface area (Å²) in [6, 6.07) is 8.86. The maximum Gasteiger partial charge on any atom is 0.128 e. The lowest BCUT2D eigenvalue weighted by atomic mass is 9.75. The quantitative estimate of drug-likeness (QED) is 0.673. The topological polar surface area (TPSA) is 78.0 Å². The molecule has 1 fully saturated rings. The van der Waals surface area contributed by atoms with E-state index >= 15 is 0 Å². The zero-order chi connectivity index (χ0) is 18.9. The number of nitrogens with two attached hydrogens (primary N) is 1. The fraction of sp³-hybridized carbons (Fsp3) is 0.429. The third-order valence-corrected chi connectivity index (χ3v) is 5.65. The summed E-state index contributed by atoms with van der Waals surface area (Å²) in [6.45, 7) is 5.20. The van der Waals surface area contributed by atoms with E-state index in [0.717, 1.165) is 49.5 Å². The molecule has 0 bridgehead atoms. The summed E-state index contributed by atoms with van der Waals surface area (Å²) in [6.07, 6.45) is 5.60. The number of benzene rings is 1. The molecule has 0 amide bonds. The first-order valence-electron chi connectivity index (χ1n) is 9.56. The smallest absolute Gasteiger partial charge is 0.128 e. The van der Waals surface area contributed by atoms with Crippen LogP contribution in [0.2, 0.25) is 0 Å². The molecule has 0 unspecified atom stereocenters. The minimum absolute atomic E-state index is 0.108. The molecule has 0 spiro atoms. The molecule has 6 heteroatoms. The zero-order valence-electron chi connectivity index (χ0n) is 16.0. The maximum atomic E-state index is 5.84. The summed E-state index contributed by atoms with van der Waals surface area (Å²) in [5.41, 5.74) is 12.0. The molecule has 1 saturated heterocycles. The summed E-state index contributed by atoms with van der Waals surface area (Å²) < 4.78 is 7.52. The highest BCUT2D eigenvalue weighted by Crippen LogP contribution is 2.36. The fourth-order valence-electron chi connectivity index (χ4n) is 3.85. The lowest BCUT2D eigenvalue weighted by Crippen LogP contribution is -2.48. The van der Waals surface area contributed by atoms with Crippen molar-refractivity contribution in [3.63, 3.8) is 0 Å². The van der Waals surface area contributed by atoms with Crippen LogP contribution in [0.1, 0.15) is 30.0 Å². The average Bonchev–Trinajstić information content (AvgIpc) is 3.03. The van der Waals surface area contributed by atoms with Crippen LogP contribution in [0.3, 0.4) is 0 Å². The van der Waals surface area contributed by atoms with Gasteiger partial charge in [0.2, 0.25) is 0 Å². The Bertz CT molecular complexity index is 945. The van der Waals surface area contributed by atoms with Crippen molar-refractivity contribution in [1.82, 2.24) is 14.5 Å². The van der Waals surface area contributed by atoms with Gasteiger partial charge in [-0.15, -0.1) is 0 Å². The summed E-state index contributed by atoms with van der Waals surface area (Å²) in [7, 11) is 1.99. The third-order valence-electron chi connectivity index (χ3n) is 5.65. The van der Waals surface area contributed by atoms with Gasteiger partial charge in [-0.2, -0.15) is 0 Å². The summed E-state index contributed by atoms with van der Waals surface area (Å²) in [5.74, 6) is 0.865. The van der Waals surface area contributed by atoms with Crippen molar-refractivity contribution in [2.45, 2.75) is 31.7 Å². The Morgan fingerprint density at radius 1 is 1.22 bits per heavy atom. The lowest BCUT2D eigenvalue weighted by Gasteiger charge is -2.42. The molecule has 3 heterocycles. The molecule has 0 saturated carbocycles. The van der Waals surface area contributed by atoms with Crippen molar-refractivity contribution in [3.8, 4) is 0 Å². The standard InChI is InChI=1S/C21H27N5O/c1-3-15-8-17(21(6-7-22)12-27-13-21)5-4-16(15)10-23-20-9-19-18(11-24-20)25-14-26(19)2/h4-5,8-9,11,14H,3,6-7,10,12-13,22H2,1-2H3,(H,23,24). The molecular formula is C21H27N5O. The largest absolute Gasteiger partial charge is 0.379 e. The number of aromatic nitrogens is 3. The number of aryl methyl sites for hydroxylation is 2. The second-order valence-electron chi connectivity index (χ2n) is 7.42. The van der Waals surface area contributed by atoms with Crippen LogP contribution in [0, 0.1) is 0 Å². The predicted molar refractivity (Wildman–Crippen MR) is 108 cm³/mol. The van der Waals surface area contributed by atoms with Gasteiger partial charge in [0.1, 0.15) is 11.3 Å². The summed E-state index contributed by atoms with van der Waals surface area (Å²) in [4.78, 5) is 8.80. The number of hydrogen-bond acceptors (Lipinski definition) is 5. The normalized spacial score (nSPS) is 15.7. The van der Waals surface area contributed by atoms with Crippen LogP contribution in [-0.2, 0) is 30.2 Å². The van der Waals surface area contributed by atoms with E-state index in [-0.39, 0.29) is 5.41 Å². The molecular weight excluding hydrogens is 338 g/mol. The Labute approximate surface area is 159 Å². The first-order chi connectivity index (χ1) is 13.1. The number of anilines is 1. The van der Waals surface area contributed by atoms with Crippen LogP contribution < -0.4 is 11.1 Å². The van der Waals surface area contributed by atoms with Crippen LogP contribution in [0.15, 0.2) is 36.8 Å². The van der Waals surface area contributed by atoms with Crippen molar-refractivity contribution < 1.29 is 4.74 Å². The van der Waals surface area contributed by atoms with E-state index in [1.807, 2.05) is 30.2 Å². The lowest BCUT2D eigenvalue weighted by molar-refractivity contribution is -0.0631. The van der Waals surface area contributed by atoms with Gasteiger partial charge in [-0.3, -0.25) is 0 Å². The first-order valence-corrected chi connectivity index (χ1v) is 9.56. The SMILES string of the molecule is CCc1cc(C2(CCN)COC2)ccc1CNc1cc2c(cn1)ncn2C. The van der Waals surface area contributed by atoms with Gasteiger partial charge in [-0.05, 0) is 36.1 Å². The molecule has 142 valence electrons. The van der Waals surface area contributed by atoms with E-state index in [0.29, 0.717) is 6.54 Å². The van der Waals surface area contributed by atoms with Gasteiger partial charge in [-0.25, -0.2) is 9.97 Å². The Morgan fingerprint density at radius 2 is 2.07 bits per heavy atom.